The lowest BCUT2D eigenvalue weighted by Crippen LogP contribution is -2.30. The second-order valence-electron chi connectivity index (χ2n) is 5.89. The van der Waals surface area contributed by atoms with E-state index in [0.717, 1.165) is 5.39 Å². The molecule has 3 N–H and O–H groups in total. The highest BCUT2D eigenvalue weighted by molar-refractivity contribution is 6.35. The molecule has 0 unspecified atom stereocenters. The predicted octanol–water partition coefficient (Wildman–Crippen LogP) is 3.65. The number of amidine groups is 1. The summed E-state index contributed by atoms with van der Waals surface area (Å²) in [5, 5.41) is 3.91. The molecule has 3 aromatic rings. The number of amides is 1. The summed E-state index contributed by atoms with van der Waals surface area (Å²) in [6, 6.07) is 14.4. The van der Waals surface area contributed by atoms with E-state index >= 15 is 0 Å². The van der Waals surface area contributed by atoms with Crippen molar-refractivity contribution in [3.05, 3.63) is 77.0 Å². The van der Waals surface area contributed by atoms with E-state index in [9.17, 15) is 4.79 Å². The zero-order valence-corrected chi connectivity index (χ0v) is 16.2. The van der Waals surface area contributed by atoms with Crippen LogP contribution in [0.4, 0.5) is 0 Å². The van der Waals surface area contributed by atoms with Gasteiger partial charge in [-0.25, -0.2) is 0 Å². The SMILES string of the molecule is CN=C(C=C(N)c1ccccc1OC)NC(=O)c1cc2ncccc2cc1Cl. The number of hydrogen-bond donors (Lipinski definition) is 2. The number of para-hydroxylation sites is 1. The fourth-order valence-corrected chi connectivity index (χ4v) is 2.97. The van der Waals surface area contributed by atoms with Gasteiger partial charge in [0.1, 0.15) is 11.6 Å². The quantitative estimate of drug-likeness (QED) is 0.522. The standard InChI is InChI=1S/C21H19ClN4O2/c1-24-20(12-17(23)14-7-3-4-8-19(14)28-2)26-21(27)15-11-18-13(10-16(15)22)6-5-9-25-18/h3-12H,23H2,1-2H3,(H,24,26,27). The minimum absolute atomic E-state index is 0.297. The maximum Gasteiger partial charge on any atom is 0.258 e. The summed E-state index contributed by atoms with van der Waals surface area (Å²) < 4.78 is 5.32. The van der Waals surface area contributed by atoms with Crippen molar-refractivity contribution in [2.24, 2.45) is 10.7 Å². The van der Waals surface area contributed by atoms with Crippen molar-refractivity contribution in [2.75, 3.05) is 14.2 Å². The molecule has 6 nitrogen and oxygen atoms in total. The molecule has 0 spiro atoms. The lowest BCUT2D eigenvalue weighted by molar-refractivity contribution is 0.0977. The predicted molar refractivity (Wildman–Crippen MR) is 113 cm³/mol. The number of nitrogens with one attached hydrogen (secondary N) is 1. The summed E-state index contributed by atoms with van der Waals surface area (Å²) in [7, 11) is 3.13. The first-order valence-corrected chi connectivity index (χ1v) is 8.84. The van der Waals surface area contributed by atoms with Gasteiger partial charge in [0.05, 0.1) is 23.2 Å². The fraction of sp³-hybridized carbons (Fsp3) is 0.0952. The van der Waals surface area contributed by atoms with E-state index in [2.05, 4.69) is 15.3 Å². The molecule has 1 aromatic heterocycles. The number of nitrogens with zero attached hydrogens (tertiary/aromatic N) is 2. The van der Waals surface area contributed by atoms with Gasteiger partial charge in [0, 0.05) is 36.0 Å². The highest BCUT2D eigenvalue weighted by Gasteiger charge is 2.14. The maximum atomic E-state index is 12.7. The van der Waals surface area contributed by atoms with Gasteiger partial charge >= 0.3 is 0 Å². The van der Waals surface area contributed by atoms with Crippen molar-refractivity contribution < 1.29 is 9.53 Å². The Kier molecular flexibility index (Phi) is 5.91. The van der Waals surface area contributed by atoms with E-state index in [-0.39, 0.29) is 0 Å². The Hall–Kier alpha value is -3.38. The molecule has 7 heteroatoms. The van der Waals surface area contributed by atoms with Gasteiger partial charge in [-0.15, -0.1) is 0 Å². The molecule has 142 valence electrons. The molecule has 28 heavy (non-hydrogen) atoms. The molecule has 0 aliphatic rings. The van der Waals surface area contributed by atoms with Gasteiger partial charge in [-0.2, -0.15) is 0 Å². The van der Waals surface area contributed by atoms with Crippen LogP contribution in [0.1, 0.15) is 15.9 Å². The first-order valence-electron chi connectivity index (χ1n) is 8.46. The average Bonchev–Trinajstić information content (AvgIpc) is 2.72. The summed E-state index contributed by atoms with van der Waals surface area (Å²) in [4.78, 5) is 21.1. The number of halogens is 1. The first kappa shape index (κ1) is 19.4. The molecule has 0 radical (unpaired) electrons. The third-order valence-electron chi connectivity index (χ3n) is 4.13. The van der Waals surface area contributed by atoms with Crippen LogP contribution in [0.5, 0.6) is 5.75 Å². The van der Waals surface area contributed by atoms with Gasteiger partial charge < -0.3 is 15.8 Å². The van der Waals surface area contributed by atoms with E-state index < -0.39 is 5.91 Å². The molecule has 0 atom stereocenters. The van der Waals surface area contributed by atoms with E-state index in [0.29, 0.717) is 38.9 Å². The number of aliphatic imine (C=N–C) groups is 1. The minimum Gasteiger partial charge on any atom is -0.496 e. The van der Waals surface area contributed by atoms with Crippen LogP contribution < -0.4 is 15.8 Å². The van der Waals surface area contributed by atoms with Crippen molar-refractivity contribution in [3.63, 3.8) is 0 Å². The van der Waals surface area contributed by atoms with Crippen molar-refractivity contribution in [3.8, 4) is 5.75 Å². The van der Waals surface area contributed by atoms with Crippen LogP contribution in [0.15, 0.2) is 65.8 Å². The zero-order chi connectivity index (χ0) is 20.1. The number of pyridine rings is 1. The Morgan fingerprint density at radius 2 is 2.00 bits per heavy atom. The third-order valence-corrected chi connectivity index (χ3v) is 4.44. The number of fused-ring (bicyclic) bond motifs is 1. The highest BCUT2D eigenvalue weighted by atomic mass is 35.5. The molecule has 0 fully saturated rings. The Labute approximate surface area is 167 Å². The Morgan fingerprint density at radius 3 is 2.75 bits per heavy atom. The number of hydrogen-bond acceptors (Lipinski definition) is 5. The molecule has 3 rings (SSSR count). The molecular weight excluding hydrogens is 376 g/mol. The van der Waals surface area contributed by atoms with Crippen LogP contribution in [0, 0.1) is 0 Å². The monoisotopic (exact) mass is 394 g/mol. The molecular formula is C21H19ClN4O2. The average molecular weight is 395 g/mol. The molecule has 1 heterocycles. The van der Waals surface area contributed by atoms with Crippen molar-refractivity contribution in [1.29, 1.82) is 0 Å². The van der Waals surface area contributed by atoms with Crippen LogP contribution in [0.25, 0.3) is 16.6 Å². The summed E-state index contributed by atoms with van der Waals surface area (Å²) >= 11 is 6.28. The number of nitrogens with two attached hydrogens (primary N) is 1. The van der Waals surface area contributed by atoms with E-state index in [1.54, 1.807) is 44.6 Å². The molecule has 0 bridgehead atoms. The van der Waals surface area contributed by atoms with Gasteiger partial charge in [-0.1, -0.05) is 29.8 Å². The summed E-state index contributed by atoms with van der Waals surface area (Å²) in [6.07, 6.45) is 3.23. The lowest BCUT2D eigenvalue weighted by atomic mass is 10.1. The smallest absolute Gasteiger partial charge is 0.258 e. The highest BCUT2D eigenvalue weighted by Crippen LogP contribution is 2.24. The largest absolute Gasteiger partial charge is 0.496 e. The maximum absolute atomic E-state index is 12.7. The summed E-state index contributed by atoms with van der Waals surface area (Å²) in [5.74, 6) is 0.523. The second-order valence-corrected chi connectivity index (χ2v) is 6.30. The van der Waals surface area contributed by atoms with Gasteiger partial charge in [-0.3, -0.25) is 14.8 Å². The van der Waals surface area contributed by atoms with E-state index in [1.165, 1.54) is 0 Å². The van der Waals surface area contributed by atoms with Gasteiger partial charge in [0.15, 0.2) is 0 Å². The van der Waals surface area contributed by atoms with Crippen molar-refractivity contribution >= 4 is 39.9 Å². The van der Waals surface area contributed by atoms with Crippen molar-refractivity contribution in [1.82, 2.24) is 10.3 Å². The number of methoxy groups -OCH3 is 1. The molecule has 0 aliphatic carbocycles. The Morgan fingerprint density at radius 1 is 1.21 bits per heavy atom. The molecule has 0 saturated carbocycles. The second kappa shape index (κ2) is 8.54. The van der Waals surface area contributed by atoms with Crippen LogP contribution in [-0.4, -0.2) is 30.9 Å². The summed E-state index contributed by atoms with van der Waals surface area (Å²) in [6.45, 7) is 0. The van der Waals surface area contributed by atoms with Crippen LogP contribution >= 0.6 is 11.6 Å². The van der Waals surface area contributed by atoms with Gasteiger partial charge in [0.25, 0.3) is 5.91 Å². The van der Waals surface area contributed by atoms with E-state index in [4.69, 9.17) is 22.1 Å². The number of carbonyl (C=O) groups is 1. The number of benzene rings is 2. The van der Waals surface area contributed by atoms with Crippen molar-refractivity contribution in [2.45, 2.75) is 0 Å². The first-order chi connectivity index (χ1) is 13.5. The summed E-state index contributed by atoms with van der Waals surface area (Å²) in [5.41, 5.74) is 8.27. The van der Waals surface area contributed by atoms with E-state index in [1.807, 2.05) is 30.3 Å². The van der Waals surface area contributed by atoms with Crippen LogP contribution in [-0.2, 0) is 0 Å². The number of rotatable bonds is 4. The normalized spacial score (nSPS) is 12.1. The molecule has 0 aliphatic heterocycles. The molecule has 2 aromatic carbocycles. The third kappa shape index (κ3) is 4.13. The molecule has 1 amide bonds. The number of ether oxygens (including phenoxy) is 1. The number of aromatic nitrogens is 1. The Bertz CT molecular complexity index is 1090. The van der Waals surface area contributed by atoms with Crippen LogP contribution in [0.2, 0.25) is 5.02 Å². The zero-order valence-electron chi connectivity index (χ0n) is 15.4. The van der Waals surface area contributed by atoms with Gasteiger partial charge in [0.2, 0.25) is 0 Å². The molecule has 0 saturated heterocycles. The fourth-order valence-electron chi connectivity index (χ4n) is 2.71. The minimum atomic E-state index is -0.401. The van der Waals surface area contributed by atoms with Crippen LogP contribution in [0.3, 0.4) is 0 Å². The number of carbonyl (C=O) groups excluding carboxylic acids is 1. The topological polar surface area (TPSA) is 89.6 Å². The lowest BCUT2D eigenvalue weighted by Gasteiger charge is -2.11. The van der Waals surface area contributed by atoms with Gasteiger partial charge in [-0.05, 0) is 30.3 Å². The Balaban J connectivity index is 1.87.